The number of carbonyl (C=O) groups excluding carboxylic acids is 3. The maximum atomic E-state index is 12.8. The molecule has 372 valence electrons. The van der Waals surface area contributed by atoms with Crippen molar-refractivity contribution in [1.82, 2.24) is 0 Å². The molecule has 0 aromatic rings. The molecule has 0 aliphatic heterocycles. The Morgan fingerprint density at radius 2 is 0.682 bits per heavy atom. The molecular weight excluding hydrogens is 817 g/mol. The first kappa shape index (κ1) is 61.8. The van der Waals surface area contributed by atoms with Gasteiger partial charge in [-0.3, -0.25) is 14.4 Å². The van der Waals surface area contributed by atoms with Gasteiger partial charge in [0.05, 0.1) is 0 Å². The quantitative estimate of drug-likeness (QED) is 0.0199. The lowest BCUT2D eigenvalue weighted by atomic mass is 10.1. The smallest absolute Gasteiger partial charge is 0.306 e. The fraction of sp³-hybridized carbons (Fsp3) is 0.617. The van der Waals surface area contributed by atoms with E-state index in [2.05, 4.69) is 87.6 Å². The normalized spacial score (nSPS) is 13.1. The van der Waals surface area contributed by atoms with Crippen molar-refractivity contribution in [3.05, 3.63) is 122 Å². The summed E-state index contributed by atoms with van der Waals surface area (Å²) in [5, 5.41) is 0. The number of hydrogen-bond donors (Lipinski definition) is 0. The van der Waals surface area contributed by atoms with Crippen LogP contribution < -0.4 is 0 Å². The molecule has 0 heterocycles. The van der Waals surface area contributed by atoms with Gasteiger partial charge in [-0.25, -0.2) is 0 Å². The van der Waals surface area contributed by atoms with E-state index in [1.807, 2.05) is 54.7 Å². The van der Waals surface area contributed by atoms with Crippen LogP contribution in [-0.4, -0.2) is 37.2 Å². The monoisotopic (exact) mass is 913 g/mol. The van der Waals surface area contributed by atoms with Crippen molar-refractivity contribution in [2.45, 2.75) is 226 Å². The first-order chi connectivity index (χ1) is 32.5. The standard InChI is InChI=1S/C60H96O6/c1-4-7-10-13-16-19-22-25-27-29-30-31-33-35-38-41-44-47-50-53-59(62)65-56-57(55-64-58(61)52-49-46-43-40-37-34-24-21-18-15-12-9-6-3)66-60(63)54-51-48-45-42-39-36-32-28-26-23-20-17-14-11-8-5-2/h7,9-10,12,15-16,18-19,21,24-25,27-28,30-32,34,37,40,43,57H,4-6,8,11,13-14,17,20,22-23,26,29,33,35-36,38-39,41-42,44-56H2,1-3H3/b10-7-,12-9-,18-15-,19-16-,24-21-,27-25-,31-30-,32-28-,37-34-,43-40-. The Morgan fingerprint density at radius 1 is 0.333 bits per heavy atom. The topological polar surface area (TPSA) is 78.9 Å². The van der Waals surface area contributed by atoms with E-state index in [-0.39, 0.29) is 37.5 Å². The van der Waals surface area contributed by atoms with Crippen LogP contribution >= 0.6 is 0 Å². The number of unbranched alkanes of at least 4 members (excludes halogenated alkanes) is 19. The average Bonchev–Trinajstić information content (AvgIpc) is 3.31. The highest BCUT2D eigenvalue weighted by Crippen LogP contribution is 2.13. The lowest BCUT2D eigenvalue weighted by molar-refractivity contribution is -0.167. The number of esters is 3. The van der Waals surface area contributed by atoms with Crippen LogP contribution in [-0.2, 0) is 28.6 Å². The van der Waals surface area contributed by atoms with Crippen LogP contribution in [0.2, 0.25) is 0 Å². The SMILES string of the molecule is CC\C=C/C=C\C=C/C=C\C=C/CCCC(=O)OCC(COC(=O)CCCCCCCC/C=C\C/C=C\C/C=C\C/C=C\CC)OC(=O)CCCCCCC/C=C\CCCCCCCCC. The van der Waals surface area contributed by atoms with E-state index in [1.54, 1.807) is 0 Å². The van der Waals surface area contributed by atoms with E-state index in [4.69, 9.17) is 14.2 Å². The van der Waals surface area contributed by atoms with Crippen molar-refractivity contribution in [2.24, 2.45) is 0 Å². The molecule has 0 radical (unpaired) electrons. The number of hydrogen-bond acceptors (Lipinski definition) is 6. The van der Waals surface area contributed by atoms with Crippen LogP contribution in [0.15, 0.2) is 122 Å². The lowest BCUT2D eigenvalue weighted by Gasteiger charge is -2.18. The largest absolute Gasteiger partial charge is 0.462 e. The molecule has 66 heavy (non-hydrogen) atoms. The van der Waals surface area contributed by atoms with E-state index < -0.39 is 6.10 Å². The Bertz CT molecular complexity index is 1420. The molecule has 0 amide bonds. The molecule has 0 aliphatic rings. The third-order valence-corrected chi connectivity index (χ3v) is 10.8. The van der Waals surface area contributed by atoms with Gasteiger partial charge in [-0.1, -0.05) is 226 Å². The fourth-order valence-corrected chi connectivity index (χ4v) is 6.87. The Morgan fingerprint density at radius 3 is 1.17 bits per heavy atom. The van der Waals surface area contributed by atoms with Crippen LogP contribution in [0.1, 0.15) is 220 Å². The Balaban J connectivity index is 4.51. The third-order valence-electron chi connectivity index (χ3n) is 10.8. The molecule has 0 aromatic carbocycles. The van der Waals surface area contributed by atoms with E-state index >= 15 is 0 Å². The Hall–Kier alpha value is -4.19. The zero-order chi connectivity index (χ0) is 47.9. The molecule has 0 saturated heterocycles. The van der Waals surface area contributed by atoms with Crippen LogP contribution in [0.25, 0.3) is 0 Å². The molecule has 0 fully saturated rings. The van der Waals surface area contributed by atoms with Gasteiger partial charge in [0.25, 0.3) is 0 Å². The van der Waals surface area contributed by atoms with Gasteiger partial charge in [-0.2, -0.15) is 0 Å². The molecule has 1 atom stereocenters. The molecule has 0 N–H and O–H groups in total. The first-order valence-electron chi connectivity index (χ1n) is 26.6. The van der Waals surface area contributed by atoms with Crippen LogP contribution in [0.3, 0.4) is 0 Å². The minimum atomic E-state index is -0.820. The van der Waals surface area contributed by atoms with Crippen molar-refractivity contribution in [1.29, 1.82) is 0 Å². The van der Waals surface area contributed by atoms with Gasteiger partial charge in [-0.05, 0) is 96.3 Å². The zero-order valence-electron chi connectivity index (χ0n) is 42.4. The fourth-order valence-electron chi connectivity index (χ4n) is 6.87. The summed E-state index contributed by atoms with van der Waals surface area (Å²) in [4.78, 5) is 38.0. The van der Waals surface area contributed by atoms with Crippen molar-refractivity contribution < 1.29 is 28.6 Å². The average molecular weight is 913 g/mol. The predicted octanol–water partition coefficient (Wildman–Crippen LogP) is 17.7. The Kier molecular flexibility index (Phi) is 50.0. The molecular formula is C60H96O6. The summed E-state index contributed by atoms with van der Waals surface area (Å²) < 4.78 is 16.7. The van der Waals surface area contributed by atoms with Crippen molar-refractivity contribution >= 4 is 17.9 Å². The maximum absolute atomic E-state index is 12.8. The second-order valence-corrected chi connectivity index (χ2v) is 17.1. The summed E-state index contributed by atoms with van der Waals surface area (Å²) in [6.07, 6.45) is 73.3. The van der Waals surface area contributed by atoms with E-state index in [1.165, 1.54) is 70.6 Å². The molecule has 0 rings (SSSR count). The number of allylic oxidation sites excluding steroid dienone is 20. The van der Waals surface area contributed by atoms with Gasteiger partial charge in [-0.15, -0.1) is 0 Å². The van der Waals surface area contributed by atoms with Crippen LogP contribution in [0, 0.1) is 0 Å². The third kappa shape index (κ3) is 50.8. The molecule has 0 saturated carbocycles. The van der Waals surface area contributed by atoms with E-state index in [0.717, 1.165) is 103 Å². The van der Waals surface area contributed by atoms with Crippen LogP contribution in [0.4, 0.5) is 0 Å². The summed E-state index contributed by atoms with van der Waals surface area (Å²) in [6.45, 7) is 6.28. The first-order valence-corrected chi connectivity index (χ1v) is 26.6. The summed E-state index contributed by atoms with van der Waals surface area (Å²) in [6, 6.07) is 0. The molecule has 0 aliphatic carbocycles. The Labute approximate surface area is 405 Å². The van der Waals surface area contributed by atoms with E-state index in [0.29, 0.717) is 19.3 Å². The van der Waals surface area contributed by atoms with Gasteiger partial charge < -0.3 is 14.2 Å². The van der Waals surface area contributed by atoms with Crippen molar-refractivity contribution in [3.8, 4) is 0 Å². The summed E-state index contributed by atoms with van der Waals surface area (Å²) in [5.74, 6) is -1.02. The van der Waals surface area contributed by atoms with Crippen molar-refractivity contribution in [2.75, 3.05) is 13.2 Å². The van der Waals surface area contributed by atoms with Gasteiger partial charge in [0, 0.05) is 19.3 Å². The molecule has 0 aromatic heterocycles. The molecule has 0 spiro atoms. The number of ether oxygens (including phenoxy) is 3. The minimum Gasteiger partial charge on any atom is -0.462 e. The maximum Gasteiger partial charge on any atom is 0.306 e. The highest BCUT2D eigenvalue weighted by atomic mass is 16.6. The molecule has 6 nitrogen and oxygen atoms in total. The molecule has 0 bridgehead atoms. The number of carbonyl (C=O) groups is 3. The van der Waals surface area contributed by atoms with E-state index in [9.17, 15) is 14.4 Å². The number of rotatable bonds is 46. The summed E-state index contributed by atoms with van der Waals surface area (Å²) in [5.41, 5.74) is 0. The molecule has 1 unspecified atom stereocenters. The summed E-state index contributed by atoms with van der Waals surface area (Å²) in [7, 11) is 0. The van der Waals surface area contributed by atoms with Gasteiger partial charge >= 0.3 is 17.9 Å². The predicted molar refractivity (Wildman–Crippen MR) is 283 cm³/mol. The minimum absolute atomic E-state index is 0.115. The zero-order valence-corrected chi connectivity index (χ0v) is 42.4. The lowest BCUT2D eigenvalue weighted by Crippen LogP contribution is -2.30. The highest BCUT2D eigenvalue weighted by molar-refractivity contribution is 5.71. The second kappa shape index (κ2) is 53.4. The summed E-state index contributed by atoms with van der Waals surface area (Å²) >= 11 is 0. The second-order valence-electron chi connectivity index (χ2n) is 17.1. The highest BCUT2D eigenvalue weighted by Gasteiger charge is 2.19. The molecule has 6 heteroatoms. The van der Waals surface area contributed by atoms with Gasteiger partial charge in [0.2, 0.25) is 0 Å². The van der Waals surface area contributed by atoms with Crippen LogP contribution in [0.5, 0.6) is 0 Å². The van der Waals surface area contributed by atoms with Gasteiger partial charge in [0.1, 0.15) is 13.2 Å². The van der Waals surface area contributed by atoms with Crippen molar-refractivity contribution in [3.63, 3.8) is 0 Å². The van der Waals surface area contributed by atoms with Gasteiger partial charge in [0.15, 0.2) is 6.10 Å².